The second-order valence-corrected chi connectivity index (χ2v) is 5.77. The summed E-state index contributed by atoms with van der Waals surface area (Å²) in [5, 5.41) is 0.533. The van der Waals surface area contributed by atoms with Gasteiger partial charge in [0.25, 0.3) is 0 Å². The summed E-state index contributed by atoms with van der Waals surface area (Å²) in [6, 6.07) is 1.64. The second kappa shape index (κ2) is 5.61. The Labute approximate surface area is 107 Å². The molecule has 0 aliphatic heterocycles. The van der Waals surface area contributed by atoms with Crippen molar-refractivity contribution in [2.75, 3.05) is 0 Å². The minimum absolute atomic E-state index is 0.0578. The van der Waals surface area contributed by atoms with Crippen molar-refractivity contribution >= 4 is 17.4 Å². The van der Waals surface area contributed by atoms with E-state index in [2.05, 4.69) is 4.98 Å². The lowest BCUT2D eigenvalue weighted by molar-refractivity contribution is -0.119. The molecule has 1 rings (SSSR count). The lowest BCUT2D eigenvalue weighted by Gasteiger charge is -2.26. The van der Waals surface area contributed by atoms with Gasteiger partial charge in [0.1, 0.15) is 5.78 Å². The number of rotatable bonds is 4. The summed E-state index contributed by atoms with van der Waals surface area (Å²) in [4.78, 5) is 15.7. The van der Waals surface area contributed by atoms with Crippen molar-refractivity contribution in [2.45, 2.75) is 39.7 Å². The molecule has 0 amide bonds. The summed E-state index contributed by atoms with van der Waals surface area (Å²) in [6.07, 6.45) is 3.89. The normalized spacial score (nSPS) is 13.5. The molecule has 0 bridgehead atoms. The van der Waals surface area contributed by atoms with Gasteiger partial charge < -0.3 is 5.73 Å². The maximum absolute atomic E-state index is 11.9. The summed E-state index contributed by atoms with van der Waals surface area (Å²) in [6.45, 7) is 6.10. The first-order valence-electron chi connectivity index (χ1n) is 5.66. The highest BCUT2D eigenvalue weighted by atomic mass is 35.5. The first-order valence-corrected chi connectivity index (χ1v) is 6.04. The summed E-state index contributed by atoms with van der Waals surface area (Å²) >= 11 is 5.95. The molecule has 2 N–H and O–H groups in total. The quantitative estimate of drug-likeness (QED) is 0.899. The first-order chi connectivity index (χ1) is 7.80. The predicted molar refractivity (Wildman–Crippen MR) is 70.0 cm³/mol. The number of nitrogens with zero attached hydrogens (tertiary/aromatic N) is 1. The van der Waals surface area contributed by atoms with E-state index in [4.69, 9.17) is 17.3 Å². The van der Waals surface area contributed by atoms with Crippen LogP contribution >= 0.6 is 11.6 Å². The molecule has 0 saturated carbocycles. The maximum atomic E-state index is 11.9. The van der Waals surface area contributed by atoms with Gasteiger partial charge in [0.2, 0.25) is 0 Å². The molecule has 0 spiro atoms. The SMILES string of the molecule is CC(C)(C)C(N)CC(=O)Cc1ccncc1Cl. The van der Waals surface area contributed by atoms with E-state index < -0.39 is 0 Å². The van der Waals surface area contributed by atoms with Gasteiger partial charge in [-0.1, -0.05) is 32.4 Å². The van der Waals surface area contributed by atoms with Crippen LogP contribution in [0.3, 0.4) is 0 Å². The topological polar surface area (TPSA) is 56.0 Å². The highest BCUT2D eigenvalue weighted by Crippen LogP contribution is 2.21. The molecular formula is C13H19ClN2O. The van der Waals surface area contributed by atoms with Crippen LogP contribution < -0.4 is 5.73 Å². The van der Waals surface area contributed by atoms with Crippen LogP contribution in [-0.2, 0) is 11.2 Å². The lowest BCUT2D eigenvalue weighted by atomic mass is 9.84. The highest BCUT2D eigenvalue weighted by molar-refractivity contribution is 6.31. The smallest absolute Gasteiger partial charge is 0.138 e. The molecule has 1 aromatic rings. The van der Waals surface area contributed by atoms with Crippen molar-refractivity contribution in [1.29, 1.82) is 0 Å². The zero-order chi connectivity index (χ0) is 13.1. The molecule has 1 aromatic heterocycles. The van der Waals surface area contributed by atoms with E-state index in [0.29, 0.717) is 17.9 Å². The van der Waals surface area contributed by atoms with Crippen molar-refractivity contribution in [3.8, 4) is 0 Å². The minimum atomic E-state index is -0.129. The number of halogens is 1. The minimum Gasteiger partial charge on any atom is -0.327 e. The van der Waals surface area contributed by atoms with E-state index in [1.165, 1.54) is 0 Å². The zero-order valence-corrected chi connectivity index (χ0v) is 11.3. The van der Waals surface area contributed by atoms with E-state index in [1.54, 1.807) is 18.5 Å². The number of hydrogen-bond acceptors (Lipinski definition) is 3. The number of hydrogen-bond donors (Lipinski definition) is 1. The number of pyridine rings is 1. The molecule has 1 unspecified atom stereocenters. The van der Waals surface area contributed by atoms with Gasteiger partial charge >= 0.3 is 0 Å². The average molecular weight is 255 g/mol. The fraction of sp³-hybridized carbons (Fsp3) is 0.538. The largest absolute Gasteiger partial charge is 0.327 e. The van der Waals surface area contributed by atoms with Gasteiger partial charge in [0.05, 0.1) is 5.02 Å². The molecular weight excluding hydrogens is 236 g/mol. The maximum Gasteiger partial charge on any atom is 0.138 e. The highest BCUT2D eigenvalue weighted by Gasteiger charge is 2.23. The Hall–Kier alpha value is -0.930. The summed E-state index contributed by atoms with van der Waals surface area (Å²) < 4.78 is 0. The Morgan fingerprint density at radius 1 is 1.53 bits per heavy atom. The standard InChI is InChI=1S/C13H19ClN2O/c1-13(2,3)12(15)7-10(17)6-9-4-5-16-8-11(9)14/h4-5,8,12H,6-7,15H2,1-3H3. The van der Waals surface area contributed by atoms with Crippen molar-refractivity contribution in [2.24, 2.45) is 11.1 Å². The number of carbonyl (C=O) groups excluding carboxylic acids is 1. The van der Waals surface area contributed by atoms with Crippen LogP contribution in [0.2, 0.25) is 5.02 Å². The third kappa shape index (κ3) is 4.44. The molecule has 17 heavy (non-hydrogen) atoms. The number of carbonyl (C=O) groups is 1. The van der Waals surface area contributed by atoms with E-state index in [0.717, 1.165) is 5.56 Å². The van der Waals surface area contributed by atoms with Crippen LogP contribution in [0.1, 0.15) is 32.8 Å². The summed E-state index contributed by atoms with van der Waals surface area (Å²) in [7, 11) is 0. The molecule has 0 fully saturated rings. The third-order valence-electron chi connectivity index (χ3n) is 2.80. The molecule has 4 heteroatoms. The first kappa shape index (κ1) is 14.1. The van der Waals surface area contributed by atoms with Crippen LogP contribution in [0.4, 0.5) is 0 Å². The van der Waals surface area contributed by atoms with Gasteiger partial charge in [0.15, 0.2) is 0 Å². The summed E-state index contributed by atoms with van der Waals surface area (Å²) in [5.74, 6) is 0.112. The molecule has 0 aliphatic carbocycles. The van der Waals surface area contributed by atoms with Gasteiger partial charge in [0, 0.05) is 31.3 Å². The van der Waals surface area contributed by atoms with Gasteiger partial charge in [-0.05, 0) is 17.0 Å². The van der Waals surface area contributed by atoms with Crippen LogP contribution in [0, 0.1) is 5.41 Å². The van der Waals surface area contributed by atoms with Crippen LogP contribution in [0.5, 0.6) is 0 Å². The van der Waals surface area contributed by atoms with E-state index in [9.17, 15) is 4.79 Å². The fourth-order valence-electron chi connectivity index (χ4n) is 1.38. The van der Waals surface area contributed by atoms with E-state index in [1.807, 2.05) is 20.8 Å². The Kier molecular flexibility index (Phi) is 4.66. The van der Waals surface area contributed by atoms with Crippen molar-refractivity contribution < 1.29 is 4.79 Å². The molecule has 1 heterocycles. The Morgan fingerprint density at radius 3 is 2.71 bits per heavy atom. The molecule has 3 nitrogen and oxygen atoms in total. The average Bonchev–Trinajstić information content (AvgIpc) is 2.20. The van der Waals surface area contributed by atoms with Gasteiger partial charge in [-0.25, -0.2) is 0 Å². The Bertz CT molecular complexity index is 399. The number of nitrogens with two attached hydrogens (primary N) is 1. The number of aromatic nitrogens is 1. The molecule has 0 radical (unpaired) electrons. The van der Waals surface area contributed by atoms with Crippen molar-refractivity contribution in [1.82, 2.24) is 4.98 Å². The molecule has 1 atom stereocenters. The molecule has 94 valence electrons. The van der Waals surface area contributed by atoms with Crippen molar-refractivity contribution in [3.05, 3.63) is 29.0 Å². The Balaban J connectivity index is 2.60. The van der Waals surface area contributed by atoms with Gasteiger partial charge in [-0.3, -0.25) is 9.78 Å². The molecule has 0 saturated heterocycles. The second-order valence-electron chi connectivity index (χ2n) is 5.36. The van der Waals surface area contributed by atoms with Crippen LogP contribution in [0.25, 0.3) is 0 Å². The molecule has 0 aromatic carbocycles. The van der Waals surface area contributed by atoms with Gasteiger partial charge in [-0.2, -0.15) is 0 Å². The number of Topliss-reactive ketones (excluding diaryl/α,β-unsaturated/α-hetero) is 1. The predicted octanol–water partition coefficient (Wildman–Crippen LogP) is 2.61. The monoisotopic (exact) mass is 254 g/mol. The van der Waals surface area contributed by atoms with Crippen LogP contribution in [0.15, 0.2) is 18.5 Å². The van der Waals surface area contributed by atoms with E-state index >= 15 is 0 Å². The fourth-order valence-corrected chi connectivity index (χ4v) is 1.57. The summed E-state index contributed by atoms with van der Waals surface area (Å²) in [5.41, 5.74) is 6.73. The lowest BCUT2D eigenvalue weighted by Crippen LogP contribution is -2.37. The van der Waals surface area contributed by atoms with Crippen molar-refractivity contribution in [3.63, 3.8) is 0 Å². The van der Waals surface area contributed by atoms with E-state index in [-0.39, 0.29) is 17.2 Å². The number of ketones is 1. The van der Waals surface area contributed by atoms with Gasteiger partial charge in [-0.15, -0.1) is 0 Å². The zero-order valence-electron chi connectivity index (χ0n) is 10.5. The van der Waals surface area contributed by atoms with Crippen LogP contribution in [-0.4, -0.2) is 16.8 Å². The molecule has 0 aliphatic rings. The third-order valence-corrected chi connectivity index (χ3v) is 3.14. The Morgan fingerprint density at radius 2 is 2.18 bits per heavy atom.